The van der Waals surface area contributed by atoms with E-state index in [9.17, 15) is 14.4 Å². The minimum Gasteiger partial charge on any atom is -0.363 e. The van der Waals surface area contributed by atoms with E-state index in [1.807, 2.05) is 72.8 Å². The first kappa shape index (κ1) is 23.6. The molecule has 0 saturated carbocycles. The van der Waals surface area contributed by atoms with E-state index in [1.165, 1.54) is 5.56 Å². The molecule has 7 nitrogen and oxygen atoms in total. The highest BCUT2D eigenvalue weighted by atomic mass is 16.2. The SMILES string of the molecule is Cc1cc(C(=O)NC(Cc2ccccc2)C(=O)C(N)=O)n(-c2cccc(Cc3ccccc3)c2)n1. The van der Waals surface area contributed by atoms with Crippen molar-refractivity contribution in [3.63, 3.8) is 0 Å². The van der Waals surface area contributed by atoms with Gasteiger partial charge in [0.2, 0.25) is 5.78 Å². The number of carbonyl (C=O) groups excluding carboxylic acids is 3. The Hall–Kier alpha value is -4.52. The number of aryl methyl sites for hydroxylation is 1. The lowest BCUT2D eigenvalue weighted by atomic mass is 10.0. The maximum atomic E-state index is 13.3. The average molecular weight is 467 g/mol. The van der Waals surface area contributed by atoms with Gasteiger partial charge in [0.25, 0.3) is 11.8 Å². The van der Waals surface area contributed by atoms with Gasteiger partial charge < -0.3 is 11.1 Å². The number of carbonyl (C=O) groups is 3. The lowest BCUT2D eigenvalue weighted by molar-refractivity contribution is -0.137. The highest BCUT2D eigenvalue weighted by Gasteiger charge is 2.27. The van der Waals surface area contributed by atoms with Crippen LogP contribution >= 0.6 is 0 Å². The van der Waals surface area contributed by atoms with Crippen molar-refractivity contribution in [2.45, 2.75) is 25.8 Å². The first-order valence-corrected chi connectivity index (χ1v) is 11.3. The largest absolute Gasteiger partial charge is 0.363 e. The number of benzene rings is 3. The van der Waals surface area contributed by atoms with Gasteiger partial charge in [0.1, 0.15) is 11.7 Å². The first-order valence-electron chi connectivity index (χ1n) is 11.3. The molecule has 3 aromatic carbocycles. The van der Waals surface area contributed by atoms with Gasteiger partial charge in [-0.15, -0.1) is 0 Å². The molecular weight excluding hydrogens is 440 g/mol. The van der Waals surface area contributed by atoms with Crippen molar-refractivity contribution in [1.82, 2.24) is 15.1 Å². The number of ketones is 1. The quantitative estimate of drug-likeness (QED) is 0.370. The summed E-state index contributed by atoms with van der Waals surface area (Å²) in [5.74, 6) is -2.46. The molecule has 176 valence electrons. The van der Waals surface area contributed by atoms with Crippen LogP contribution in [0.4, 0.5) is 0 Å². The Balaban J connectivity index is 1.60. The van der Waals surface area contributed by atoms with Crippen LogP contribution in [0.15, 0.2) is 91.0 Å². The average Bonchev–Trinajstić information content (AvgIpc) is 3.26. The third-order valence-electron chi connectivity index (χ3n) is 5.62. The summed E-state index contributed by atoms with van der Waals surface area (Å²) < 4.78 is 1.55. The number of primary amides is 1. The third-order valence-corrected chi connectivity index (χ3v) is 5.62. The molecule has 1 unspecified atom stereocenters. The Morgan fingerprint density at radius 2 is 1.49 bits per heavy atom. The predicted octanol–water partition coefficient (Wildman–Crippen LogP) is 3.17. The monoisotopic (exact) mass is 466 g/mol. The van der Waals surface area contributed by atoms with Gasteiger partial charge in [-0.05, 0) is 48.2 Å². The predicted molar refractivity (Wildman–Crippen MR) is 133 cm³/mol. The van der Waals surface area contributed by atoms with Crippen LogP contribution in [0.5, 0.6) is 0 Å². The first-order chi connectivity index (χ1) is 16.9. The van der Waals surface area contributed by atoms with Gasteiger partial charge in [-0.1, -0.05) is 72.8 Å². The van der Waals surface area contributed by atoms with Crippen LogP contribution in [0.3, 0.4) is 0 Å². The second-order valence-electron chi connectivity index (χ2n) is 8.36. The van der Waals surface area contributed by atoms with Gasteiger partial charge in [-0.3, -0.25) is 14.4 Å². The molecule has 1 aromatic heterocycles. The van der Waals surface area contributed by atoms with E-state index in [4.69, 9.17) is 5.73 Å². The Morgan fingerprint density at radius 1 is 0.857 bits per heavy atom. The number of aromatic nitrogens is 2. The smallest absolute Gasteiger partial charge is 0.287 e. The molecule has 3 N–H and O–H groups in total. The molecule has 4 aromatic rings. The molecule has 0 aliphatic heterocycles. The molecule has 35 heavy (non-hydrogen) atoms. The zero-order chi connectivity index (χ0) is 24.8. The van der Waals surface area contributed by atoms with E-state index in [2.05, 4.69) is 22.5 Å². The molecule has 1 heterocycles. The van der Waals surface area contributed by atoms with Crippen molar-refractivity contribution in [2.24, 2.45) is 5.73 Å². The summed E-state index contributed by atoms with van der Waals surface area (Å²) in [6.07, 6.45) is 0.886. The van der Waals surface area contributed by atoms with Crippen LogP contribution in [0.1, 0.15) is 32.9 Å². The van der Waals surface area contributed by atoms with E-state index in [1.54, 1.807) is 17.7 Å². The van der Waals surface area contributed by atoms with E-state index in [0.717, 1.165) is 23.2 Å². The highest BCUT2D eigenvalue weighted by molar-refractivity contribution is 6.38. The van der Waals surface area contributed by atoms with Crippen molar-refractivity contribution in [2.75, 3.05) is 0 Å². The lowest BCUT2D eigenvalue weighted by Gasteiger charge is -2.17. The second-order valence-corrected chi connectivity index (χ2v) is 8.36. The number of rotatable bonds is 9. The third kappa shape index (κ3) is 5.89. The van der Waals surface area contributed by atoms with Crippen molar-refractivity contribution < 1.29 is 14.4 Å². The van der Waals surface area contributed by atoms with Crippen LogP contribution in [0.2, 0.25) is 0 Å². The van der Waals surface area contributed by atoms with Crippen LogP contribution < -0.4 is 11.1 Å². The lowest BCUT2D eigenvalue weighted by Crippen LogP contribution is -2.47. The molecule has 4 rings (SSSR count). The number of Topliss-reactive ketones (excluding diaryl/α,β-unsaturated/α-hetero) is 1. The van der Waals surface area contributed by atoms with Crippen molar-refractivity contribution in [3.8, 4) is 5.69 Å². The van der Waals surface area contributed by atoms with Gasteiger partial charge in [0.15, 0.2) is 0 Å². The van der Waals surface area contributed by atoms with Gasteiger partial charge in [0.05, 0.1) is 11.4 Å². The normalized spacial score (nSPS) is 11.6. The fraction of sp³-hybridized carbons (Fsp3) is 0.143. The maximum absolute atomic E-state index is 13.3. The molecule has 7 heteroatoms. The summed E-state index contributed by atoms with van der Waals surface area (Å²) >= 11 is 0. The van der Waals surface area contributed by atoms with Crippen LogP contribution in [-0.4, -0.2) is 33.4 Å². The highest BCUT2D eigenvalue weighted by Crippen LogP contribution is 2.17. The van der Waals surface area contributed by atoms with Crippen LogP contribution in [0, 0.1) is 6.92 Å². The molecule has 0 aliphatic carbocycles. The summed E-state index contributed by atoms with van der Waals surface area (Å²) in [6, 6.07) is 27.6. The molecule has 0 bridgehead atoms. The Morgan fingerprint density at radius 3 is 2.14 bits per heavy atom. The number of hydrogen-bond acceptors (Lipinski definition) is 4. The van der Waals surface area contributed by atoms with E-state index >= 15 is 0 Å². The molecule has 0 saturated heterocycles. The molecule has 0 aliphatic rings. The van der Waals surface area contributed by atoms with E-state index in [-0.39, 0.29) is 12.1 Å². The van der Waals surface area contributed by atoms with Gasteiger partial charge >= 0.3 is 0 Å². The summed E-state index contributed by atoms with van der Waals surface area (Å²) in [4.78, 5) is 37.4. The number of amides is 2. The molecule has 0 spiro atoms. The summed E-state index contributed by atoms with van der Waals surface area (Å²) in [6.45, 7) is 1.79. The van der Waals surface area contributed by atoms with Crippen LogP contribution in [0.25, 0.3) is 5.69 Å². The fourth-order valence-electron chi connectivity index (χ4n) is 3.95. The standard InChI is InChI=1S/C28H26N4O3/c1-19-15-25(28(35)30-24(26(33)27(29)34)18-21-11-6-3-7-12-21)32(31-19)23-14-8-13-22(17-23)16-20-9-4-2-5-10-20/h2-15,17,24H,16,18H2,1H3,(H2,29,34)(H,30,35). The number of hydrogen-bond donors (Lipinski definition) is 2. The molecule has 1 atom stereocenters. The number of nitrogens with zero attached hydrogens (tertiary/aromatic N) is 2. The minimum absolute atomic E-state index is 0.147. The zero-order valence-electron chi connectivity index (χ0n) is 19.3. The summed E-state index contributed by atoms with van der Waals surface area (Å²) in [5, 5.41) is 7.19. The molecule has 2 amide bonds. The van der Waals surface area contributed by atoms with Gasteiger partial charge in [-0.2, -0.15) is 5.10 Å². The van der Waals surface area contributed by atoms with Crippen LogP contribution in [-0.2, 0) is 22.4 Å². The fourth-order valence-corrected chi connectivity index (χ4v) is 3.95. The topological polar surface area (TPSA) is 107 Å². The minimum atomic E-state index is -1.09. The zero-order valence-corrected chi connectivity index (χ0v) is 19.3. The van der Waals surface area contributed by atoms with Gasteiger partial charge in [-0.25, -0.2) is 4.68 Å². The number of nitrogens with one attached hydrogen (secondary N) is 1. The van der Waals surface area contributed by atoms with Gasteiger partial charge in [0, 0.05) is 6.42 Å². The van der Waals surface area contributed by atoms with Crippen molar-refractivity contribution in [3.05, 3.63) is 119 Å². The van der Waals surface area contributed by atoms with E-state index in [0.29, 0.717) is 5.69 Å². The molecular formula is C28H26N4O3. The summed E-state index contributed by atoms with van der Waals surface area (Å²) in [5.41, 5.74) is 9.91. The second kappa shape index (κ2) is 10.6. The Kier molecular flexibility index (Phi) is 7.16. The number of nitrogens with two attached hydrogens (primary N) is 1. The van der Waals surface area contributed by atoms with E-state index < -0.39 is 23.6 Å². The Bertz CT molecular complexity index is 1350. The maximum Gasteiger partial charge on any atom is 0.287 e. The van der Waals surface area contributed by atoms with Crippen molar-refractivity contribution >= 4 is 17.6 Å². The summed E-state index contributed by atoms with van der Waals surface area (Å²) in [7, 11) is 0. The van der Waals surface area contributed by atoms with Crippen molar-refractivity contribution in [1.29, 1.82) is 0 Å². The molecule has 0 fully saturated rings. The molecule has 0 radical (unpaired) electrons. The Labute approximate surface area is 203 Å².